The minimum absolute atomic E-state index is 0. The molecule has 1 aromatic heterocycles. The van der Waals surface area contributed by atoms with Gasteiger partial charge < -0.3 is 20.1 Å². The van der Waals surface area contributed by atoms with Crippen LogP contribution in [0.2, 0.25) is 0 Å². The first kappa shape index (κ1) is 23.1. The fourth-order valence-electron chi connectivity index (χ4n) is 3.85. The molecule has 164 valence electrons. The van der Waals surface area contributed by atoms with Crippen LogP contribution < -0.4 is 20.1 Å². The van der Waals surface area contributed by atoms with E-state index >= 15 is 0 Å². The highest BCUT2D eigenvalue weighted by atomic mass is 127. The van der Waals surface area contributed by atoms with E-state index in [4.69, 9.17) is 9.47 Å². The lowest BCUT2D eigenvalue weighted by atomic mass is 9.97. The standard InChI is InChI=1S/C22H30N4O2S.HI/c1-23-22(24-9-6-17-4-5-20-21(13-17)28-16-27-20)25-14-18-7-10-26(11-8-18)15-19-3-2-12-29-19;/h2-5,12-13,18H,6-11,14-16H2,1H3,(H2,23,24,25);1H. The second-order valence-corrected chi connectivity index (χ2v) is 8.65. The highest BCUT2D eigenvalue weighted by Crippen LogP contribution is 2.32. The summed E-state index contributed by atoms with van der Waals surface area (Å²) in [6, 6.07) is 10.5. The van der Waals surface area contributed by atoms with E-state index in [-0.39, 0.29) is 24.0 Å². The van der Waals surface area contributed by atoms with Crippen LogP contribution in [0, 0.1) is 5.92 Å². The van der Waals surface area contributed by atoms with Crippen LogP contribution in [-0.2, 0) is 13.0 Å². The lowest BCUT2D eigenvalue weighted by Gasteiger charge is -2.32. The maximum atomic E-state index is 5.45. The Balaban J connectivity index is 0.00000256. The van der Waals surface area contributed by atoms with Gasteiger partial charge in [-0.15, -0.1) is 35.3 Å². The van der Waals surface area contributed by atoms with Gasteiger partial charge in [-0.25, -0.2) is 0 Å². The zero-order valence-electron chi connectivity index (χ0n) is 17.4. The first-order valence-corrected chi connectivity index (χ1v) is 11.3. The molecule has 1 saturated heterocycles. The fourth-order valence-corrected chi connectivity index (χ4v) is 4.60. The van der Waals surface area contributed by atoms with Crippen molar-refractivity contribution < 1.29 is 9.47 Å². The van der Waals surface area contributed by atoms with Gasteiger partial charge >= 0.3 is 0 Å². The number of nitrogens with one attached hydrogen (secondary N) is 2. The summed E-state index contributed by atoms with van der Waals surface area (Å²) < 4.78 is 10.8. The molecule has 0 bridgehead atoms. The van der Waals surface area contributed by atoms with Crippen molar-refractivity contribution in [3.8, 4) is 11.5 Å². The molecule has 3 heterocycles. The molecule has 0 spiro atoms. The molecule has 0 saturated carbocycles. The van der Waals surface area contributed by atoms with Gasteiger partial charge in [0.25, 0.3) is 0 Å². The molecule has 0 unspecified atom stereocenters. The molecule has 0 amide bonds. The van der Waals surface area contributed by atoms with E-state index < -0.39 is 0 Å². The van der Waals surface area contributed by atoms with Gasteiger partial charge in [0, 0.05) is 31.6 Å². The van der Waals surface area contributed by atoms with Crippen molar-refractivity contribution in [2.24, 2.45) is 10.9 Å². The first-order valence-electron chi connectivity index (χ1n) is 10.4. The topological polar surface area (TPSA) is 58.1 Å². The Morgan fingerprint density at radius 1 is 1.17 bits per heavy atom. The second kappa shape index (κ2) is 11.8. The minimum atomic E-state index is 0. The van der Waals surface area contributed by atoms with Gasteiger partial charge in [-0.3, -0.25) is 9.89 Å². The summed E-state index contributed by atoms with van der Waals surface area (Å²) in [4.78, 5) is 8.40. The van der Waals surface area contributed by atoms with Crippen LogP contribution in [0.3, 0.4) is 0 Å². The largest absolute Gasteiger partial charge is 0.454 e. The zero-order valence-corrected chi connectivity index (χ0v) is 20.6. The van der Waals surface area contributed by atoms with Crippen molar-refractivity contribution in [3.05, 3.63) is 46.2 Å². The number of benzene rings is 1. The summed E-state index contributed by atoms with van der Waals surface area (Å²) in [5.41, 5.74) is 1.23. The first-order chi connectivity index (χ1) is 14.3. The van der Waals surface area contributed by atoms with Crippen molar-refractivity contribution in [3.63, 3.8) is 0 Å². The van der Waals surface area contributed by atoms with Crippen LogP contribution in [0.4, 0.5) is 0 Å². The molecule has 0 radical (unpaired) electrons. The van der Waals surface area contributed by atoms with Crippen molar-refractivity contribution >= 4 is 41.3 Å². The SMILES string of the molecule is CN=C(NCCc1ccc2c(c1)OCO2)NCC1CCN(Cc2cccs2)CC1.I. The highest BCUT2D eigenvalue weighted by Gasteiger charge is 2.19. The van der Waals surface area contributed by atoms with Gasteiger partial charge in [0.1, 0.15) is 0 Å². The monoisotopic (exact) mass is 542 g/mol. The molecule has 4 rings (SSSR count). The Labute approximate surface area is 200 Å². The number of likely N-dealkylation sites (tertiary alicyclic amines) is 1. The highest BCUT2D eigenvalue weighted by molar-refractivity contribution is 14.0. The smallest absolute Gasteiger partial charge is 0.231 e. The molecule has 2 N–H and O–H groups in total. The van der Waals surface area contributed by atoms with Gasteiger partial charge in [0.05, 0.1) is 0 Å². The van der Waals surface area contributed by atoms with Crippen molar-refractivity contribution in [2.45, 2.75) is 25.8 Å². The van der Waals surface area contributed by atoms with Crippen molar-refractivity contribution in [1.82, 2.24) is 15.5 Å². The number of ether oxygens (including phenoxy) is 2. The second-order valence-electron chi connectivity index (χ2n) is 7.62. The third-order valence-electron chi connectivity index (χ3n) is 5.59. The lowest BCUT2D eigenvalue weighted by Crippen LogP contribution is -2.43. The van der Waals surface area contributed by atoms with E-state index in [1.54, 1.807) is 0 Å². The summed E-state index contributed by atoms with van der Waals surface area (Å²) in [5.74, 6) is 3.27. The van der Waals surface area contributed by atoms with Gasteiger partial charge in [0.2, 0.25) is 6.79 Å². The Morgan fingerprint density at radius 3 is 2.77 bits per heavy atom. The van der Waals surface area contributed by atoms with Gasteiger partial charge in [-0.2, -0.15) is 0 Å². The summed E-state index contributed by atoms with van der Waals surface area (Å²) in [5, 5.41) is 9.09. The third-order valence-corrected chi connectivity index (χ3v) is 6.45. The Kier molecular flexibility index (Phi) is 9.07. The number of hydrogen-bond donors (Lipinski definition) is 2. The summed E-state index contributed by atoms with van der Waals surface area (Å²) in [6.45, 7) is 5.59. The molecule has 0 atom stereocenters. The van der Waals surface area contributed by atoms with Gasteiger partial charge in [0.15, 0.2) is 17.5 Å². The quantitative estimate of drug-likeness (QED) is 0.318. The van der Waals surface area contributed by atoms with Gasteiger partial charge in [-0.1, -0.05) is 12.1 Å². The summed E-state index contributed by atoms with van der Waals surface area (Å²) >= 11 is 1.85. The number of nitrogens with zero attached hydrogens (tertiary/aromatic N) is 2. The van der Waals surface area contributed by atoms with E-state index in [2.05, 4.69) is 50.2 Å². The average molecular weight is 542 g/mol. The number of hydrogen-bond acceptors (Lipinski definition) is 5. The molecule has 2 aromatic rings. The van der Waals surface area contributed by atoms with Crippen LogP contribution >= 0.6 is 35.3 Å². The summed E-state index contributed by atoms with van der Waals surface area (Å²) in [6.07, 6.45) is 3.40. The molecule has 1 fully saturated rings. The van der Waals surface area contributed by atoms with E-state index in [1.807, 2.05) is 24.5 Å². The molecule has 1 aromatic carbocycles. The summed E-state index contributed by atoms with van der Waals surface area (Å²) in [7, 11) is 1.83. The number of thiophene rings is 1. The molecule has 2 aliphatic heterocycles. The number of guanidine groups is 1. The van der Waals surface area contributed by atoms with E-state index in [0.717, 1.165) is 43.5 Å². The number of aliphatic imine (C=N–C) groups is 1. The predicted octanol–water partition coefficient (Wildman–Crippen LogP) is 3.71. The van der Waals surface area contributed by atoms with Crippen LogP contribution in [0.1, 0.15) is 23.3 Å². The number of fused-ring (bicyclic) bond motifs is 1. The van der Waals surface area contributed by atoms with Gasteiger partial charge in [-0.05, 0) is 67.4 Å². The average Bonchev–Trinajstić information content (AvgIpc) is 3.43. The maximum absolute atomic E-state index is 5.45. The molecular formula is C22H31IN4O2S. The molecule has 2 aliphatic rings. The van der Waals surface area contributed by atoms with E-state index in [1.165, 1.54) is 36.4 Å². The molecule has 6 nitrogen and oxygen atoms in total. The molecule has 8 heteroatoms. The van der Waals surface area contributed by atoms with Crippen molar-refractivity contribution in [2.75, 3.05) is 40.0 Å². The van der Waals surface area contributed by atoms with E-state index in [9.17, 15) is 0 Å². The normalized spacial score (nSPS) is 16.9. The Hall–Kier alpha value is -1.52. The molecular weight excluding hydrogens is 511 g/mol. The van der Waals surface area contributed by atoms with Crippen LogP contribution in [0.25, 0.3) is 0 Å². The molecule has 30 heavy (non-hydrogen) atoms. The van der Waals surface area contributed by atoms with Crippen molar-refractivity contribution in [1.29, 1.82) is 0 Å². The number of halogens is 1. The van der Waals surface area contributed by atoms with Crippen LogP contribution in [0.15, 0.2) is 40.7 Å². The zero-order chi connectivity index (χ0) is 19.9. The maximum Gasteiger partial charge on any atom is 0.231 e. The Bertz CT molecular complexity index is 807. The van der Waals surface area contributed by atoms with Crippen LogP contribution in [0.5, 0.6) is 11.5 Å². The third kappa shape index (κ3) is 6.49. The number of rotatable bonds is 7. The van der Waals surface area contributed by atoms with Crippen LogP contribution in [-0.4, -0.2) is 50.9 Å². The minimum Gasteiger partial charge on any atom is -0.454 e. The fraction of sp³-hybridized carbons (Fsp3) is 0.500. The molecule has 0 aliphatic carbocycles. The number of piperidine rings is 1. The Morgan fingerprint density at radius 2 is 2.00 bits per heavy atom. The predicted molar refractivity (Wildman–Crippen MR) is 133 cm³/mol. The van der Waals surface area contributed by atoms with E-state index in [0.29, 0.717) is 12.7 Å². The lowest BCUT2D eigenvalue weighted by molar-refractivity contribution is 0.174.